The zero-order valence-corrected chi connectivity index (χ0v) is 11.1. The first-order valence-corrected chi connectivity index (χ1v) is 5.84. The molecule has 2 aromatic heterocycles. The molecule has 1 N–H and O–H groups in total. The fraction of sp³-hybridized carbons (Fsp3) is 0.167. The smallest absolute Gasteiger partial charge is 0.433 e. The van der Waals surface area contributed by atoms with Crippen LogP contribution in [0.1, 0.15) is 27.3 Å². The van der Waals surface area contributed by atoms with Crippen molar-refractivity contribution in [3.8, 4) is 11.9 Å². The number of carbonyl (C=O) groups is 1. The summed E-state index contributed by atoms with van der Waals surface area (Å²) in [4.78, 5) is 13.7. The molecule has 0 amide bonds. The van der Waals surface area contributed by atoms with Crippen molar-refractivity contribution < 1.29 is 36.2 Å². The molecule has 0 radical (unpaired) electrons. The van der Waals surface area contributed by atoms with Gasteiger partial charge in [0.1, 0.15) is 17.3 Å². The topological polar surface area (TPSA) is 91.8 Å². The molecule has 6 nitrogen and oxygen atoms in total. The van der Waals surface area contributed by atoms with E-state index in [4.69, 9.17) is 10.4 Å². The average molecular weight is 350 g/mol. The van der Waals surface area contributed by atoms with Crippen LogP contribution in [0.15, 0.2) is 18.3 Å². The van der Waals surface area contributed by atoms with Gasteiger partial charge < -0.3 is 5.11 Å². The summed E-state index contributed by atoms with van der Waals surface area (Å²) in [6.07, 6.45) is -9.69. The highest BCUT2D eigenvalue weighted by Crippen LogP contribution is 2.38. The first-order chi connectivity index (χ1) is 10.9. The Bertz CT molecular complexity index is 847. The standard InChI is InChI=1S/C12H4F6N4O2/c13-11(14,15)6-3-8(12(16,17)18)20-9(5(6)4-19)22-2-1-7(21-22)10(23)24/h1-3H,(H,23,24). The van der Waals surface area contributed by atoms with E-state index in [0.29, 0.717) is 4.68 Å². The first kappa shape index (κ1) is 17.3. The van der Waals surface area contributed by atoms with Gasteiger partial charge in [0.05, 0.1) is 5.56 Å². The fourth-order valence-electron chi connectivity index (χ4n) is 1.73. The molecule has 12 heteroatoms. The summed E-state index contributed by atoms with van der Waals surface area (Å²) < 4.78 is 77.6. The maximum Gasteiger partial charge on any atom is 0.433 e. The fourth-order valence-corrected chi connectivity index (χ4v) is 1.73. The van der Waals surface area contributed by atoms with Gasteiger partial charge in [-0.25, -0.2) is 14.5 Å². The molecule has 0 aromatic carbocycles. The van der Waals surface area contributed by atoms with Gasteiger partial charge in [-0.05, 0) is 12.1 Å². The Morgan fingerprint density at radius 2 is 1.83 bits per heavy atom. The highest BCUT2D eigenvalue weighted by atomic mass is 19.4. The largest absolute Gasteiger partial charge is 0.476 e. The molecule has 0 saturated heterocycles. The minimum absolute atomic E-state index is 0.288. The van der Waals surface area contributed by atoms with E-state index in [9.17, 15) is 31.1 Å². The lowest BCUT2D eigenvalue weighted by molar-refractivity contribution is -0.145. The maximum absolute atomic E-state index is 13.0. The summed E-state index contributed by atoms with van der Waals surface area (Å²) >= 11 is 0. The molecule has 2 heterocycles. The Balaban J connectivity index is 2.82. The van der Waals surface area contributed by atoms with Gasteiger partial charge in [0.25, 0.3) is 0 Å². The minimum atomic E-state index is -5.26. The Labute approximate surface area is 128 Å². The van der Waals surface area contributed by atoms with Gasteiger partial charge in [0.15, 0.2) is 11.5 Å². The second-order valence-corrected chi connectivity index (χ2v) is 4.31. The third kappa shape index (κ3) is 3.14. The number of hydrogen-bond donors (Lipinski definition) is 1. The zero-order valence-electron chi connectivity index (χ0n) is 11.1. The SMILES string of the molecule is N#Cc1c(C(F)(F)F)cc(C(F)(F)F)nc1-n1ccc(C(=O)O)n1. The van der Waals surface area contributed by atoms with Crippen molar-refractivity contribution in [1.29, 1.82) is 5.26 Å². The van der Waals surface area contributed by atoms with Crippen LogP contribution in [-0.2, 0) is 12.4 Å². The minimum Gasteiger partial charge on any atom is -0.476 e. The molecule has 0 bridgehead atoms. The Kier molecular flexibility index (Phi) is 3.97. The molecule has 0 aliphatic carbocycles. The number of halogens is 6. The van der Waals surface area contributed by atoms with Crippen LogP contribution < -0.4 is 0 Å². The Hall–Kier alpha value is -3.10. The Morgan fingerprint density at radius 3 is 2.25 bits per heavy atom. The number of alkyl halides is 6. The molecule has 126 valence electrons. The van der Waals surface area contributed by atoms with E-state index in [-0.39, 0.29) is 6.07 Å². The third-order valence-electron chi connectivity index (χ3n) is 2.73. The summed E-state index contributed by atoms with van der Waals surface area (Å²) in [7, 11) is 0. The van der Waals surface area contributed by atoms with Crippen LogP contribution in [0.2, 0.25) is 0 Å². The lowest BCUT2D eigenvalue weighted by Gasteiger charge is -2.15. The average Bonchev–Trinajstić information content (AvgIpc) is 2.93. The lowest BCUT2D eigenvalue weighted by Crippen LogP contribution is -2.18. The van der Waals surface area contributed by atoms with Crippen LogP contribution in [0, 0.1) is 11.3 Å². The molecule has 0 aliphatic heterocycles. The number of hydrogen-bond acceptors (Lipinski definition) is 4. The molecule has 0 spiro atoms. The molecule has 24 heavy (non-hydrogen) atoms. The second kappa shape index (κ2) is 5.52. The number of nitriles is 1. The lowest BCUT2D eigenvalue weighted by atomic mass is 10.1. The number of rotatable bonds is 2. The van der Waals surface area contributed by atoms with E-state index >= 15 is 0 Å². The van der Waals surface area contributed by atoms with Crippen molar-refractivity contribution in [2.45, 2.75) is 12.4 Å². The van der Waals surface area contributed by atoms with E-state index < -0.39 is 46.7 Å². The quantitative estimate of drug-likeness (QED) is 0.841. The number of carboxylic acids is 1. The summed E-state index contributed by atoms with van der Waals surface area (Å²) in [5.74, 6) is -2.64. The van der Waals surface area contributed by atoms with E-state index in [1.807, 2.05) is 0 Å². The third-order valence-corrected chi connectivity index (χ3v) is 2.73. The number of pyridine rings is 1. The van der Waals surface area contributed by atoms with Crippen LogP contribution in [0.5, 0.6) is 0 Å². The normalized spacial score (nSPS) is 12.0. The van der Waals surface area contributed by atoms with Gasteiger partial charge in [-0.1, -0.05) is 0 Å². The van der Waals surface area contributed by atoms with Gasteiger partial charge in [-0.2, -0.15) is 36.7 Å². The van der Waals surface area contributed by atoms with Gasteiger partial charge in [0, 0.05) is 6.20 Å². The molecule has 0 fully saturated rings. The van der Waals surface area contributed by atoms with Crippen LogP contribution in [-0.4, -0.2) is 25.8 Å². The zero-order chi connectivity index (χ0) is 18.3. The van der Waals surface area contributed by atoms with Crippen molar-refractivity contribution in [2.24, 2.45) is 0 Å². The molecule has 0 atom stereocenters. The van der Waals surface area contributed by atoms with Gasteiger partial charge >= 0.3 is 18.3 Å². The van der Waals surface area contributed by atoms with Gasteiger partial charge in [-0.15, -0.1) is 0 Å². The van der Waals surface area contributed by atoms with E-state index in [0.717, 1.165) is 18.3 Å². The van der Waals surface area contributed by atoms with Crippen LogP contribution in [0.25, 0.3) is 5.82 Å². The van der Waals surface area contributed by atoms with E-state index in [2.05, 4.69) is 10.1 Å². The number of aromatic nitrogens is 3. The summed E-state index contributed by atoms with van der Waals surface area (Å²) in [6.45, 7) is 0. The van der Waals surface area contributed by atoms with Crippen LogP contribution in [0.3, 0.4) is 0 Å². The molecule has 2 aromatic rings. The van der Waals surface area contributed by atoms with Crippen molar-refractivity contribution in [2.75, 3.05) is 0 Å². The van der Waals surface area contributed by atoms with Crippen molar-refractivity contribution >= 4 is 5.97 Å². The summed E-state index contributed by atoms with van der Waals surface area (Å²) in [5.41, 5.74) is -5.60. The monoisotopic (exact) mass is 350 g/mol. The van der Waals surface area contributed by atoms with E-state index in [1.165, 1.54) is 0 Å². The van der Waals surface area contributed by atoms with Gasteiger partial charge in [-0.3, -0.25) is 0 Å². The van der Waals surface area contributed by atoms with Crippen molar-refractivity contribution in [3.63, 3.8) is 0 Å². The molecular weight excluding hydrogens is 346 g/mol. The Morgan fingerprint density at radius 1 is 1.21 bits per heavy atom. The first-order valence-electron chi connectivity index (χ1n) is 5.84. The highest BCUT2D eigenvalue weighted by Gasteiger charge is 2.41. The molecule has 2 rings (SSSR count). The molecule has 0 saturated carbocycles. The summed E-state index contributed by atoms with van der Waals surface area (Å²) in [6, 6.07) is 1.67. The molecular formula is C12H4F6N4O2. The second-order valence-electron chi connectivity index (χ2n) is 4.31. The summed E-state index contributed by atoms with van der Waals surface area (Å²) in [5, 5.41) is 20.9. The predicted molar refractivity (Wildman–Crippen MR) is 63.0 cm³/mol. The highest BCUT2D eigenvalue weighted by molar-refractivity contribution is 5.85. The van der Waals surface area contributed by atoms with Gasteiger partial charge in [0.2, 0.25) is 0 Å². The maximum atomic E-state index is 13.0. The van der Waals surface area contributed by atoms with Crippen molar-refractivity contribution in [3.05, 3.63) is 40.8 Å². The molecule has 0 aliphatic rings. The number of carboxylic acid groups (broad SMARTS) is 1. The van der Waals surface area contributed by atoms with Crippen molar-refractivity contribution in [1.82, 2.24) is 14.8 Å². The predicted octanol–water partition coefficient (Wildman–Crippen LogP) is 2.87. The van der Waals surface area contributed by atoms with Crippen LogP contribution in [0.4, 0.5) is 26.3 Å². The van der Waals surface area contributed by atoms with Crippen LogP contribution >= 0.6 is 0 Å². The molecule has 0 unspecified atom stereocenters. The van der Waals surface area contributed by atoms with E-state index in [1.54, 1.807) is 0 Å². The number of nitrogens with zero attached hydrogens (tertiary/aromatic N) is 4. The number of aromatic carboxylic acids is 1.